The first-order chi connectivity index (χ1) is 12.4. The lowest BCUT2D eigenvalue weighted by Crippen LogP contribution is -2.34. The van der Waals surface area contributed by atoms with E-state index in [1.165, 1.54) is 4.57 Å². The van der Waals surface area contributed by atoms with Crippen molar-refractivity contribution in [1.29, 1.82) is 0 Å². The molecule has 0 aliphatic rings. The first-order valence-electron chi connectivity index (χ1n) is 8.74. The average molecular weight is 355 g/mol. The van der Waals surface area contributed by atoms with Gasteiger partial charge in [0.25, 0.3) is 5.56 Å². The van der Waals surface area contributed by atoms with Crippen LogP contribution in [0.5, 0.6) is 0 Å². The molecule has 1 heterocycles. The lowest BCUT2D eigenvalue weighted by molar-refractivity contribution is -0.122. The van der Waals surface area contributed by atoms with Crippen LogP contribution >= 0.6 is 0 Å². The van der Waals surface area contributed by atoms with Crippen molar-refractivity contribution in [1.82, 2.24) is 9.88 Å². The van der Waals surface area contributed by atoms with Crippen LogP contribution in [0.25, 0.3) is 0 Å². The summed E-state index contributed by atoms with van der Waals surface area (Å²) in [4.78, 5) is 36.6. The molecule has 0 aliphatic carbocycles. The molecule has 0 spiro atoms. The Hall–Kier alpha value is -2.89. The standard InChI is InChI=1S/C20H25N3O3/c1-4-7-18(24)22-17-11-10-15(3)23(20(17)26)13-19(25)21-12-16-9-6-5-8-14(16)2/h5-6,8-11H,4,7,12-13H2,1-3H3,(H,21,25)(H,22,24). The Morgan fingerprint density at radius 2 is 1.77 bits per heavy atom. The topological polar surface area (TPSA) is 80.2 Å². The van der Waals surface area contributed by atoms with Gasteiger partial charge in [-0.05, 0) is 43.5 Å². The monoisotopic (exact) mass is 355 g/mol. The SMILES string of the molecule is CCCC(=O)Nc1ccc(C)n(CC(=O)NCc2ccccc2C)c1=O. The molecular formula is C20H25N3O3. The first-order valence-corrected chi connectivity index (χ1v) is 8.74. The molecule has 0 saturated heterocycles. The van der Waals surface area contributed by atoms with Gasteiger partial charge in [-0.15, -0.1) is 0 Å². The number of aromatic nitrogens is 1. The molecule has 2 amide bonds. The van der Waals surface area contributed by atoms with Gasteiger partial charge < -0.3 is 15.2 Å². The van der Waals surface area contributed by atoms with Crippen molar-refractivity contribution in [3.8, 4) is 0 Å². The molecule has 1 aromatic heterocycles. The molecule has 2 rings (SSSR count). The summed E-state index contributed by atoms with van der Waals surface area (Å²) in [6.45, 7) is 5.96. The molecule has 0 radical (unpaired) electrons. The van der Waals surface area contributed by atoms with E-state index in [1.807, 2.05) is 38.1 Å². The van der Waals surface area contributed by atoms with E-state index in [1.54, 1.807) is 19.1 Å². The largest absolute Gasteiger partial charge is 0.350 e. The van der Waals surface area contributed by atoms with Crippen LogP contribution in [0.15, 0.2) is 41.2 Å². The van der Waals surface area contributed by atoms with Gasteiger partial charge in [0.1, 0.15) is 12.2 Å². The second-order valence-electron chi connectivity index (χ2n) is 6.28. The normalized spacial score (nSPS) is 10.4. The molecule has 1 aromatic carbocycles. The number of benzene rings is 1. The van der Waals surface area contributed by atoms with Crippen LogP contribution in [0.4, 0.5) is 5.69 Å². The van der Waals surface area contributed by atoms with Crippen LogP contribution in [-0.4, -0.2) is 16.4 Å². The lowest BCUT2D eigenvalue weighted by Gasteiger charge is -2.13. The lowest BCUT2D eigenvalue weighted by atomic mass is 10.1. The fourth-order valence-electron chi connectivity index (χ4n) is 2.60. The van der Waals surface area contributed by atoms with Crippen LogP contribution in [-0.2, 0) is 22.7 Å². The molecule has 6 nitrogen and oxygen atoms in total. The van der Waals surface area contributed by atoms with E-state index in [-0.39, 0.29) is 29.6 Å². The number of rotatable bonds is 7. The molecule has 2 N–H and O–H groups in total. The zero-order valence-electron chi connectivity index (χ0n) is 15.5. The van der Waals surface area contributed by atoms with Gasteiger partial charge in [-0.2, -0.15) is 0 Å². The van der Waals surface area contributed by atoms with Crippen molar-refractivity contribution < 1.29 is 9.59 Å². The zero-order chi connectivity index (χ0) is 19.1. The van der Waals surface area contributed by atoms with Crippen LogP contribution in [0.3, 0.4) is 0 Å². The highest BCUT2D eigenvalue weighted by Crippen LogP contribution is 2.07. The van der Waals surface area contributed by atoms with Gasteiger partial charge in [-0.1, -0.05) is 31.2 Å². The number of carbonyl (C=O) groups excluding carboxylic acids is 2. The highest BCUT2D eigenvalue weighted by atomic mass is 16.2. The summed E-state index contributed by atoms with van der Waals surface area (Å²) >= 11 is 0. The Kier molecular flexibility index (Phi) is 6.72. The molecule has 0 saturated carbocycles. The molecule has 138 valence electrons. The predicted molar refractivity (Wildman–Crippen MR) is 102 cm³/mol. The van der Waals surface area contributed by atoms with E-state index in [4.69, 9.17) is 0 Å². The number of anilines is 1. The quantitative estimate of drug-likeness (QED) is 0.801. The van der Waals surface area contributed by atoms with Crippen LogP contribution < -0.4 is 16.2 Å². The maximum atomic E-state index is 12.6. The van der Waals surface area contributed by atoms with Crippen molar-refractivity contribution in [2.24, 2.45) is 0 Å². The van der Waals surface area contributed by atoms with Crippen molar-refractivity contribution >= 4 is 17.5 Å². The van der Waals surface area contributed by atoms with Crippen molar-refractivity contribution in [2.75, 3.05) is 5.32 Å². The van der Waals surface area contributed by atoms with E-state index in [0.717, 1.165) is 11.1 Å². The van der Waals surface area contributed by atoms with Crippen molar-refractivity contribution in [3.05, 3.63) is 63.6 Å². The van der Waals surface area contributed by atoms with Gasteiger partial charge in [0.15, 0.2) is 0 Å². The molecule has 0 fully saturated rings. The highest BCUT2D eigenvalue weighted by molar-refractivity contribution is 5.90. The minimum absolute atomic E-state index is 0.0892. The van der Waals surface area contributed by atoms with Gasteiger partial charge in [-0.3, -0.25) is 14.4 Å². The summed E-state index contributed by atoms with van der Waals surface area (Å²) in [6, 6.07) is 11.1. The number of pyridine rings is 1. The van der Waals surface area contributed by atoms with Gasteiger partial charge in [-0.25, -0.2) is 0 Å². The van der Waals surface area contributed by atoms with E-state index in [2.05, 4.69) is 10.6 Å². The smallest absolute Gasteiger partial charge is 0.274 e. The third-order valence-electron chi connectivity index (χ3n) is 4.18. The minimum atomic E-state index is -0.375. The Morgan fingerprint density at radius 3 is 2.46 bits per heavy atom. The predicted octanol–water partition coefficient (Wildman–Crippen LogP) is 2.52. The molecular weight excluding hydrogens is 330 g/mol. The van der Waals surface area contributed by atoms with Gasteiger partial charge in [0.05, 0.1) is 0 Å². The van der Waals surface area contributed by atoms with Crippen LogP contribution in [0.1, 0.15) is 36.6 Å². The zero-order valence-corrected chi connectivity index (χ0v) is 15.5. The van der Waals surface area contributed by atoms with E-state index in [0.29, 0.717) is 25.1 Å². The fourth-order valence-corrected chi connectivity index (χ4v) is 2.60. The number of aryl methyl sites for hydroxylation is 2. The molecule has 2 aromatic rings. The molecule has 0 bridgehead atoms. The molecule has 0 atom stereocenters. The van der Waals surface area contributed by atoms with Crippen molar-refractivity contribution in [3.63, 3.8) is 0 Å². The van der Waals surface area contributed by atoms with E-state index in [9.17, 15) is 14.4 Å². The molecule has 0 aliphatic heterocycles. The van der Waals surface area contributed by atoms with E-state index >= 15 is 0 Å². The third-order valence-corrected chi connectivity index (χ3v) is 4.18. The van der Waals surface area contributed by atoms with Gasteiger partial charge in [0.2, 0.25) is 11.8 Å². The summed E-state index contributed by atoms with van der Waals surface area (Å²) in [5, 5.41) is 5.45. The summed E-state index contributed by atoms with van der Waals surface area (Å²) in [5.41, 5.74) is 2.61. The summed E-state index contributed by atoms with van der Waals surface area (Å²) < 4.78 is 1.37. The number of carbonyl (C=O) groups is 2. The summed E-state index contributed by atoms with van der Waals surface area (Å²) in [6.07, 6.45) is 1.05. The summed E-state index contributed by atoms with van der Waals surface area (Å²) in [7, 11) is 0. The number of amides is 2. The molecule has 0 unspecified atom stereocenters. The van der Waals surface area contributed by atoms with Crippen molar-refractivity contribution in [2.45, 2.75) is 46.7 Å². The molecule has 26 heavy (non-hydrogen) atoms. The highest BCUT2D eigenvalue weighted by Gasteiger charge is 2.12. The second-order valence-corrected chi connectivity index (χ2v) is 6.28. The second kappa shape index (κ2) is 8.99. The Balaban J connectivity index is 2.08. The van der Waals surface area contributed by atoms with Gasteiger partial charge >= 0.3 is 0 Å². The Morgan fingerprint density at radius 1 is 1.04 bits per heavy atom. The number of nitrogens with zero attached hydrogens (tertiary/aromatic N) is 1. The minimum Gasteiger partial charge on any atom is -0.350 e. The Bertz CT molecular complexity index is 856. The average Bonchev–Trinajstić information content (AvgIpc) is 2.60. The Labute approximate surface area is 153 Å². The maximum Gasteiger partial charge on any atom is 0.274 e. The molecule has 6 heteroatoms. The van der Waals surface area contributed by atoms with E-state index < -0.39 is 0 Å². The summed E-state index contributed by atoms with van der Waals surface area (Å²) in [5.74, 6) is -0.459. The van der Waals surface area contributed by atoms with Crippen LogP contribution in [0, 0.1) is 13.8 Å². The maximum absolute atomic E-state index is 12.6. The first kappa shape index (κ1) is 19.4. The number of hydrogen-bond acceptors (Lipinski definition) is 3. The number of nitrogens with one attached hydrogen (secondary N) is 2. The number of hydrogen-bond donors (Lipinski definition) is 2. The third kappa shape index (κ3) is 5.05. The van der Waals surface area contributed by atoms with Crippen LogP contribution in [0.2, 0.25) is 0 Å². The van der Waals surface area contributed by atoms with Gasteiger partial charge in [0, 0.05) is 18.7 Å². The fraction of sp³-hybridized carbons (Fsp3) is 0.350.